The molecule has 15 heavy (non-hydrogen) atoms. The van der Waals surface area contributed by atoms with E-state index in [0.29, 0.717) is 13.2 Å². The molecule has 0 saturated carbocycles. The van der Waals surface area contributed by atoms with Gasteiger partial charge in [0.1, 0.15) is 0 Å². The maximum Gasteiger partial charge on any atom is 0.0945 e. The summed E-state index contributed by atoms with van der Waals surface area (Å²) in [5, 5.41) is 12.6. The molecule has 84 valence electrons. The molecule has 0 aliphatic carbocycles. The lowest BCUT2D eigenvalue weighted by molar-refractivity contribution is 0.0727. The van der Waals surface area contributed by atoms with Crippen LogP contribution in [0.15, 0.2) is 22.7 Å². The minimum Gasteiger partial charge on any atom is -0.389 e. The summed E-state index contributed by atoms with van der Waals surface area (Å²) in [6.07, 6.45) is -0.484. The van der Waals surface area contributed by atoms with Crippen molar-refractivity contribution in [2.45, 2.75) is 13.0 Å². The van der Waals surface area contributed by atoms with Gasteiger partial charge in [-0.2, -0.15) is 0 Å². The predicted molar refractivity (Wildman–Crippen MR) is 65.3 cm³/mol. The highest BCUT2D eigenvalue weighted by Gasteiger charge is 2.05. The number of hydrogen-bond acceptors (Lipinski definition) is 3. The first-order chi connectivity index (χ1) is 7.15. The Hall–Kier alpha value is -0.580. The van der Waals surface area contributed by atoms with Crippen LogP contribution in [-0.4, -0.2) is 31.5 Å². The van der Waals surface area contributed by atoms with Crippen molar-refractivity contribution in [2.24, 2.45) is 0 Å². The van der Waals surface area contributed by atoms with E-state index in [4.69, 9.17) is 4.74 Å². The summed E-state index contributed by atoms with van der Waals surface area (Å²) >= 11 is 3.49. The monoisotopic (exact) mass is 273 g/mol. The summed E-state index contributed by atoms with van der Waals surface area (Å²) in [5.41, 5.74) is 2.16. The Kier molecular flexibility index (Phi) is 5.08. The molecular formula is C11H16BrNO2. The quantitative estimate of drug-likeness (QED) is 0.864. The van der Waals surface area contributed by atoms with Crippen molar-refractivity contribution in [3.8, 4) is 0 Å². The molecule has 1 aromatic rings. The lowest BCUT2D eigenvalue weighted by Gasteiger charge is -2.13. The fourth-order valence-electron chi connectivity index (χ4n) is 1.26. The van der Waals surface area contributed by atoms with E-state index in [0.717, 1.165) is 10.2 Å². The van der Waals surface area contributed by atoms with Crippen LogP contribution < -0.4 is 5.32 Å². The first-order valence-electron chi connectivity index (χ1n) is 4.81. The number of halogens is 1. The van der Waals surface area contributed by atoms with Crippen molar-refractivity contribution in [3.63, 3.8) is 0 Å². The van der Waals surface area contributed by atoms with Gasteiger partial charge in [-0.15, -0.1) is 0 Å². The second-order valence-corrected chi connectivity index (χ2v) is 4.22. The number of ether oxygens (including phenoxy) is 1. The summed E-state index contributed by atoms with van der Waals surface area (Å²) in [4.78, 5) is 0. The number of anilines is 1. The van der Waals surface area contributed by atoms with Gasteiger partial charge in [0.2, 0.25) is 0 Å². The highest BCUT2D eigenvalue weighted by Crippen LogP contribution is 2.25. The molecule has 1 atom stereocenters. The Morgan fingerprint density at radius 1 is 1.53 bits per heavy atom. The minimum absolute atomic E-state index is 0.344. The summed E-state index contributed by atoms with van der Waals surface area (Å²) in [6, 6.07) is 5.97. The van der Waals surface area contributed by atoms with Crippen molar-refractivity contribution in [2.75, 3.05) is 25.6 Å². The van der Waals surface area contributed by atoms with Gasteiger partial charge in [-0.05, 0) is 34.5 Å². The number of benzene rings is 1. The third-order valence-electron chi connectivity index (χ3n) is 2.08. The van der Waals surface area contributed by atoms with Gasteiger partial charge in [0.15, 0.2) is 0 Å². The molecule has 0 bridgehead atoms. The average Bonchev–Trinajstić information content (AvgIpc) is 2.21. The Morgan fingerprint density at radius 2 is 2.27 bits per heavy atom. The van der Waals surface area contributed by atoms with E-state index in [1.165, 1.54) is 5.56 Å². The molecule has 0 heterocycles. The van der Waals surface area contributed by atoms with Gasteiger partial charge in [0.25, 0.3) is 0 Å². The predicted octanol–water partition coefficient (Wildman–Crippen LogP) is 2.18. The van der Waals surface area contributed by atoms with E-state index in [2.05, 4.69) is 21.2 Å². The van der Waals surface area contributed by atoms with Crippen molar-refractivity contribution in [3.05, 3.63) is 28.2 Å². The van der Waals surface area contributed by atoms with Gasteiger partial charge in [-0.1, -0.05) is 12.1 Å². The molecule has 0 fully saturated rings. The van der Waals surface area contributed by atoms with Crippen LogP contribution in [0.25, 0.3) is 0 Å². The fourth-order valence-corrected chi connectivity index (χ4v) is 1.67. The second-order valence-electron chi connectivity index (χ2n) is 3.43. The van der Waals surface area contributed by atoms with Gasteiger partial charge in [-0.25, -0.2) is 0 Å². The number of methoxy groups -OCH3 is 1. The Bertz CT molecular complexity index is 317. The standard InChI is InChI=1S/C11H16BrNO2/c1-8-4-3-5-10(11(8)12)13-6-9(14)7-15-2/h3-5,9,13-14H,6-7H2,1-2H3. The zero-order valence-electron chi connectivity index (χ0n) is 8.96. The Morgan fingerprint density at radius 3 is 2.93 bits per heavy atom. The Labute approximate surface area is 98.6 Å². The van der Waals surface area contributed by atoms with E-state index < -0.39 is 6.10 Å². The molecule has 0 saturated heterocycles. The Balaban J connectivity index is 2.54. The third kappa shape index (κ3) is 3.81. The van der Waals surface area contributed by atoms with E-state index in [9.17, 15) is 5.11 Å². The smallest absolute Gasteiger partial charge is 0.0945 e. The van der Waals surface area contributed by atoms with Crippen LogP contribution in [0.5, 0.6) is 0 Å². The second kappa shape index (κ2) is 6.10. The van der Waals surface area contributed by atoms with Crippen LogP contribution in [0.3, 0.4) is 0 Å². The van der Waals surface area contributed by atoms with Crippen LogP contribution in [0, 0.1) is 6.92 Å². The number of aryl methyl sites for hydroxylation is 1. The first kappa shape index (κ1) is 12.5. The maximum atomic E-state index is 9.47. The van der Waals surface area contributed by atoms with E-state index in [1.807, 2.05) is 25.1 Å². The molecule has 4 heteroatoms. The molecule has 1 unspecified atom stereocenters. The summed E-state index contributed by atoms with van der Waals surface area (Å²) in [5.74, 6) is 0. The maximum absolute atomic E-state index is 9.47. The van der Waals surface area contributed by atoms with E-state index >= 15 is 0 Å². The van der Waals surface area contributed by atoms with Crippen molar-refractivity contribution in [1.29, 1.82) is 0 Å². The van der Waals surface area contributed by atoms with E-state index in [1.54, 1.807) is 7.11 Å². The normalized spacial score (nSPS) is 12.5. The molecule has 2 N–H and O–H groups in total. The average molecular weight is 274 g/mol. The third-order valence-corrected chi connectivity index (χ3v) is 3.13. The van der Waals surface area contributed by atoms with Crippen LogP contribution in [0.2, 0.25) is 0 Å². The van der Waals surface area contributed by atoms with Crippen molar-refractivity contribution in [1.82, 2.24) is 0 Å². The van der Waals surface area contributed by atoms with Crippen LogP contribution >= 0.6 is 15.9 Å². The minimum atomic E-state index is -0.484. The summed E-state index contributed by atoms with van der Waals surface area (Å²) < 4.78 is 5.88. The molecule has 0 aliphatic heterocycles. The first-order valence-corrected chi connectivity index (χ1v) is 5.60. The lowest BCUT2D eigenvalue weighted by atomic mass is 10.2. The summed E-state index contributed by atoms with van der Waals surface area (Å²) in [6.45, 7) is 2.85. The van der Waals surface area contributed by atoms with Crippen LogP contribution in [-0.2, 0) is 4.74 Å². The number of nitrogens with one attached hydrogen (secondary N) is 1. The number of rotatable bonds is 5. The van der Waals surface area contributed by atoms with Crippen molar-refractivity contribution >= 4 is 21.6 Å². The fraction of sp³-hybridized carbons (Fsp3) is 0.455. The van der Waals surface area contributed by atoms with Gasteiger partial charge >= 0.3 is 0 Å². The number of aliphatic hydroxyl groups is 1. The zero-order valence-corrected chi connectivity index (χ0v) is 10.5. The lowest BCUT2D eigenvalue weighted by Crippen LogP contribution is -2.24. The molecule has 0 aliphatic rings. The largest absolute Gasteiger partial charge is 0.389 e. The molecule has 3 nitrogen and oxygen atoms in total. The van der Waals surface area contributed by atoms with Crippen LogP contribution in [0.1, 0.15) is 5.56 Å². The zero-order chi connectivity index (χ0) is 11.3. The van der Waals surface area contributed by atoms with Gasteiger partial charge in [0.05, 0.1) is 12.7 Å². The highest BCUT2D eigenvalue weighted by atomic mass is 79.9. The molecule has 1 aromatic carbocycles. The molecule has 0 amide bonds. The van der Waals surface area contributed by atoms with Gasteiger partial charge < -0.3 is 15.2 Å². The molecular weight excluding hydrogens is 258 g/mol. The SMILES string of the molecule is COCC(O)CNc1cccc(C)c1Br. The highest BCUT2D eigenvalue weighted by molar-refractivity contribution is 9.10. The molecule has 0 radical (unpaired) electrons. The molecule has 0 spiro atoms. The van der Waals surface area contributed by atoms with Crippen LogP contribution in [0.4, 0.5) is 5.69 Å². The van der Waals surface area contributed by atoms with Gasteiger partial charge in [0, 0.05) is 23.8 Å². The topological polar surface area (TPSA) is 41.5 Å². The summed E-state index contributed by atoms with van der Waals surface area (Å²) in [7, 11) is 1.58. The molecule has 1 rings (SSSR count). The molecule has 0 aromatic heterocycles. The number of aliphatic hydroxyl groups excluding tert-OH is 1. The number of hydrogen-bond donors (Lipinski definition) is 2. The van der Waals surface area contributed by atoms with Crippen molar-refractivity contribution < 1.29 is 9.84 Å². The van der Waals surface area contributed by atoms with E-state index in [-0.39, 0.29) is 0 Å². The van der Waals surface area contributed by atoms with Gasteiger partial charge in [-0.3, -0.25) is 0 Å².